The lowest BCUT2D eigenvalue weighted by molar-refractivity contribution is -0.303. The molecule has 1 aromatic rings. The summed E-state index contributed by atoms with van der Waals surface area (Å²) in [5.41, 5.74) is -2.05. The van der Waals surface area contributed by atoms with E-state index in [-0.39, 0.29) is 16.9 Å². The zero-order valence-corrected chi connectivity index (χ0v) is 11.8. The van der Waals surface area contributed by atoms with Crippen LogP contribution < -0.4 is 0 Å². The van der Waals surface area contributed by atoms with Crippen LogP contribution in [0, 0.1) is 0 Å². The van der Waals surface area contributed by atoms with Gasteiger partial charge in [-0.3, -0.25) is 9.59 Å². The molecule has 0 unspecified atom stereocenters. The molecule has 1 aliphatic heterocycles. The van der Waals surface area contributed by atoms with Crippen LogP contribution in [0.5, 0.6) is 0 Å². The summed E-state index contributed by atoms with van der Waals surface area (Å²) in [5, 5.41) is 0. The number of alkyl halides is 3. The minimum absolute atomic E-state index is 0.0478. The second-order valence-electron chi connectivity index (χ2n) is 5.58. The van der Waals surface area contributed by atoms with E-state index >= 15 is 0 Å². The van der Waals surface area contributed by atoms with Crippen LogP contribution in [0.15, 0.2) is 10.7 Å². The van der Waals surface area contributed by atoms with Crippen molar-refractivity contribution in [3.63, 3.8) is 0 Å². The molecule has 2 heterocycles. The maximum Gasteiger partial charge on any atom is 0.420 e. The van der Waals surface area contributed by atoms with E-state index in [2.05, 4.69) is 4.74 Å². The third-order valence-corrected chi connectivity index (χ3v) is 4.27. The van der Waals surface area contributed by atoms with E-state index in [1.54, 1.807) is 0 Å². The molecule has 1 saturated heterocycles. The van der Waals surface area contributed by atoms with E-state index in [1.165, 1.54) is 0 Å². The fourth-order valence-corrected chi connectivity index (χ4v) is 2.89. The van der Waals surface area contributed by atoms with Crippen LogP contribution in [0.1, 0.15) is 39.3 Å². The molecule has 8 heteroatoms. The summed E-state index contributed by atoms with van der Waals surface area (Å²) < 4.78 is 48.6. The third kappa shape index (κ3) is 2.05. The number of aryl methyl sites for hydroxylation is 1. The Kier molecular flexibility index (Phi) is 3.32. The Morgan fingerprint density at radius 3 is 2.64 bits per heavy atom. The molecule has 0 radical (unpaired) electrons. The van der Waals surface area contributed by atoms with Gasteiger partial charge in [0, 0.05) is 20.0 Å². The van der Waals surface area contributed by atoms with E-state index in [0.29, 0.717) is 25.0 Å². The van der Waals surface area contributed by atoms with Crippen molar-refractivity contribution in [1.82, 2.24) is 4.90 Å². The first-order valence-electron chi connectivity index (χ1n) is 6.84. The smallest absolute Gasteiger partial charge is 0.420 e. The topological polar surface area (TPSA) is 59.8 Å². The molecule has 1 aromatic heterocycles. The van der Waals surface area contributed by atoms with Crippen molar-refractivity contribution in [2.24, 2.45) is 0 Å². The molecule has 0 spiro atoms. The van der Waals surface area contributed by atoms with Crippen molar-refractivity contribution in [1.29, 1.82) is 0 Å². The van der Waals surface area contributed by atoms with Gasteiger partial charge in [0.2, 0.25) is 0 Å². The molecular weight excluding hydrogens is 303 g/mol. The predicted octanol–water partition coefficient (Wildman–Crippen LogP) is 2.20. The minimum atomic E-state index is -4.55. The number of carbonyl (C=O) groups is 2. The highest BCUT2D eigenvalue weighted by Crippen LogP contribution is 2.41. The predicted molar refractivity (Wildman–Crippen MR) is 67.7 cm³/mol. The molecule has 2 aliphatic rings. The number of fused-ring (bicyclic) bond motifs is 1. The summed E-state index contributed by atoms with van der Waals surface area (Å²) in [6.07, 6.45) is -1.87. The number of methoxy groups -OCH3 is 1. The van der Waals surface area contributed by atoms with E-state index < -0.39 is 30.8 Å². The summed E-state index contributed by atoms with van der Waals surface area (Å²) >= 11 is 0. The lowest BCUT2D eigenvalue weighted by Crippen LogP contribution is -2.71. The fraction of sp³-hybridized carbons (Fsp3) is 0.571. The number of halogens is 3. The van der Waals surface area contributed by atoms with Gasteiger partial charge in [0.1, 0.15) is 12.0 Å². The SMILES string of the molecule is COC1(C(F)(F)F)CN(C(=O)c2coc3c2C(=O)CCC3)C1. The van der Waals surface area contributed by atoms with Crippen molar-refractivity contribution in [3.05, 3.63) is 23.2 Å². The van der Waals surface area contributed by atoms with Gasteiger partial charge < -0.3 is 14.1 Å². The molecule has 120 valence electrons. The van der Waals surface area contributed by atoms with Gasteiger partial charge >= 0.3 is 6.18 Å². The lowest BCUT2D eigenvalue weighted by atomic mass is 9.90. The van der Waals surface area contributed by atoms with Crippen molar-refractivity contribution in [2.75, 3.05) is 20.2 Å². The molecular formula is C14H14F3NO4. The summed E-state index contributed by atoms with van der Waals surface area (Å²) in [7, 11) is 0.971. The Labute approximate surface area is 124 Å². The molecule has 0 aromatic carbocycles. The summed E-state index contributed by atoms with van der Waals surface area (Å²) in [6.45, 7) is -1.17. The van der Waals surface area contributed by atoms with Gasteiger partial charge in [-0.2, -0.15) is 13.2 Å². The Morgan fingerprint density at radius 2 is 2.05 bits per heavy atom. The number of rotatable bonds is 2. The molecule has 1 amide bonds. The summed E-state index contributed by atoms with van der Waals surface area (Å²) in [5.74, 6) is -0.390. The number of amides is 1. The van der Waals surface area contributed by atoms with Crippen molar-refractivity contribution < 1.29 is 31.9 Å². The van der Waals surface area contributed by atoms with E-state index in [4.69, 9.17) is 4.42 Å². The summed E-state index contributed by atoms with van der Waals surface area (Å²) in [4.78, 5) is 25.3. The number of hydrogen-bond donors (Lipinski definition) is 0. The maximum absolute atomic E-state index is 12.9. The standard InChI is InChI=1S/C14H14F3NO4/c1-21-13(14(15,16)17)6-18(7-13)12(20)8-5-22-10-4-2-3-9(19)11(8)10/h5H,2-4,6-7H2,1H3. The van der Waals surface area contributed by atoms with E-state index in [9.17, 15) is 22.8 Å². The van der Waals surface area contributed by atoms with Crippen molar-refractivity contribution in [2.45, 2.75) is 31.0 Å². The van der Waals surface area contributed by atoms with Crippen molar-refractivity contribution in [3.8, 4) is 0 Å². The van der Waals surface area contributed by atoms with Crippen LogP contribution in [-0.2, 0) is 11.2 Å². The second-order valence-corrected chi connectivity index (χ2v) is 5.58. The number of furan rings is 1. The highest BCUT2D eigenvalue weighted by molar-refractivity contribution is 6.09. The van der Waals surface area contributed by atoms with Crippen LogP contribution in [0.3, 0.4) is 0 Å². The van der Waals surface area contributed by atoms with Gasteiger partial charge in [-0.1, -0.05) is 0 Å². The molecule has 0 bridgehead atoms. The van der Waals surface area contributed by atoms with Gasteiger partial charge in [-0.15, -0.1) is 0 Å². The Balaban J connectivity index is 1.81. The molecule has 5 nitrogen and oxygen atoms in total. The number of ether oxygens (including phenoxy) is 1. The highest BCUT2D eigenvalue weighted by atomic mass is 19.4. The first kappa shape index (κ1) is 15.1. The number of ketones is 1. The van der Waals surface area contributed by atoms with Crippen LogP contribution in [0.4, 0.5) is 13.2 Å². The number of Topliss-reactive ketones (excluding diaryl/α,β-unsaturated/α-hetero) is 1. The largest absolute Gasteiger partial charge is 0.468 e. The Morgan fingerprint density at radius 1 is 1.36 bits per heavy atom. The zero-order valence-electron chi connectivity index (χ0n) is 11.8. The van der Waals surface area contributed by atoms with E-state index in [1.807, 2.05) is 0 Å². The first-order chi connectivity index (χ1) is 10.3. The maximum atomic E-state index is 12.9. The average Bonchev–Trinajstić information content (AvgIpc) is 2.81. The average molecular weight is 317 g/mol. The van der Waals surface area contributed by atoms with Gasteiger partial charge in [-0.05, 0) is 6.42 Å². The number of likely N-dealkylation sites (tertiary alicyclic amines) is 1. The monoisotopic (exact) mass is 317 g/mol. The van der Waals surface area contributed by atoms with Gasteiger partial charge in [0.25, 0.3) is 5.91 Å². The molecule has 1 fully saturated rings. The van der Waals surface area contributed by atoms with Crippen LogP contribution >= 0.6 is 0 Å². The highest BCUT2D eigenvalue weighted by Gasteiger charge is 2.64. The number of hydrogen-bond acceptors (Lipinski definition) is 4. The van der Waals surface area contributed by atoms with Crippen LogP contribution in [0.25, 0.3) is 0 Å². The van der Waals surface area contributed by atoms with Crippen LogP contribution in [0.2, 0.25) is 0 Å². The summed E-state index contributed by atoms with van der Waals surface area (Å²) in [6, 6.07) is 0. The number of carbonyl (C=O) groups excluding carboxylic acids is 2. The Hall–Kier alpha value is -1.83. The molecule has 3 rings (SSSR count). The molecule has 0 saturated carbocycles. The van der Waals surface area contributed by atoms with Gasteiger partial charge in [-0.25, -0.2) is 0 Å². The molecule has 0 atom stereocenters. The number of nitrogens with zero attached hydrogens (tertiary/aromatic N) is 1. The normalized spacial score (nSPS) is 20.5. The molecule has 0 N–H and O–H groups in total. The third-order valence-electron chi connectivity index (χ3n) is 4.27. The van der Waals surface area contributed by atoms with Gasteiger partial charge in [0.15, 0.2) is 11.4 Å². The first-order valence-corrected chi connectivity index (χ1v) is 6.84. The van der Waals surface area contributed by atoms with E-state index in [0.717, 1.165) is 18.3 Å². The Bertz CT molecular complexity index is 629. The molecule has 22 heavy (non-hydrogen) atoms. The quantitative estimate of drug-likeness (QED) is 0.839. The van der Waals surface area contributed by atoms with Gasteiger partial charge in [0.05, 0.1) is 24.2 Å². The molecule has 1 aliphatic carbocycles. The van der Waals surface area contributed by atoms with Crippen molar-refractivity contribution >= 4 is 11.7 Å². The lowest BCUT2D eigenvalue weighted by Gasteiger charge is -2.49. The van der Waals surface area contributed by atoms with Crippen LogP contribution in [-0.4, -0.2) is 48.6 Å². The zero-order chi connectivity index (χ0) is 16.1. The second kappa shape index (κ2) is 4.84. The fourth-order valence-electron chi connectivity index (χ4n) is 2.89. The minimum Gasteiger partial charge on any atom is -0.468 e.